The molecule has 1 amide bonds. The smallest absolute Gasteiger partial charge is 0.416 e. The van der Waals surface area contributed by atoms with Crippen molar-refractivity contribution in [1.29, 1.82) is 0 Å². The van der Waals surface area contributed by atoms with Crippen LogP contribution in [-0.4, -0.2) is 23.6 Å². The summed E-state index contributed by atoms with van der Waals surface area (Å²) in [6, 6.07) is 7.40. The molecule has 6 nitrogen and oxygen atoms in total. The first-order chi connectivity index (χ1) is 12.7. The molecule has 0 atom stereocenters. The van der Waals surface area contributed by atoms with Crippen molar-refractivity contribution in [3.05, 3.63) is 53.4 Å². The fraction of sp³-hybridized carbons (Fsp3) is 0.222. The predicted molar refractivity (Wildman–Crippen MR) is 90.4 cm³/mol. The topological polar surface area (TPSA) is 73.5 Å². The van der Waals surface area contributed by atoms with Crippen LogP contribution in [0.25, 0.3) is 11.1 Å². The van der Waals surface area contributed by atoms with Crippen LogP contribution in [0.4, 0.5) is 18.9 Å². The minimum absolute atomic E-state index is 0.00113. The van der Waals surface area contributed by atoms with Gasteiger partial charge in [-0.15, -0.1) is 0 Å². The number of methoxy groups -OCH3 is 1. The Morgan fingerprint density at radius 2 is 1.96 bits per heavy atom. The number of alkyl halides is 3. The summed E-state index contributed by atoms with van der Waals surface area (Å²) in [5.41, 5.74) is 0.142. The highest BCUT2D eigenvalue weighted by molar-refractivity contribution is 5.97. The van der Waals surface area contributed by atoms with Gasteiger partial charge in [0.2, 0.25) is 5.91 Å². The average molecular weight is 380 g/mol. The number of amides is 1. The number of benzene rings is 1. The number of nitrogens with zero attached hydrogens (tertiary/aromatic N) is 1. The lowest BCUT2D eigenvalue weighted by Crippen LogP contribution is -2.22. The summed E-state index contributed by atoms with van der Waals surface area (Å²) >= 11 is 0. The summed E-state index contributed by atoms with van der Waals surface area (Å²) < 4.78 is 49.9. The Bertz CT molecular complexity index is 1020. The molecule has 142 valence electrons. The molecule has 0 aliphatic rings. The molecule has 0 unspecified atom stereocenters. The van der Waals surface area contributed by atoms with Gasteiger partial charge >= 0.3 is 12.1 Å². The van der Waals surface area contributed by atoms with Crippen LogP contribution in [0.1, 0.15) is 21.8 Å². The first-order valence-electron chi connectivity index (χ1n) is 7.84. The molecule has 0 fully saturated rings. The highest BCUT2D eigenvalue weighted by Crippen LogP contribution is 2.30. The van der Waals surface area contributed by atoms with Crippen LogP contribution in [0.2, 0.25) is 0 Å². The van der Waals surface area contributed by atoms with E-state index in [1.54, 1.807) is 13.0 Å². The molecule has 0 radical (unpaired) electrons. The first-order valence-corrected chi connectivity index (χ1v) is 7.84. The number of furan rings is 1. The average Bonchev–Trinajstić information content (AvgIpc) is 3.11. The SMILES string of the molecule is COC(=O)c1cc2oc(C)cc2n1CC(=O)Nc1cccc(C(F)(F)F)c1. The lowest BCUT2D eigenvalue weighted by atomic mass is 10.2. The quantitative estimate of drug-likeness (QED) is 0.695. The van der Waals surface area contributed by atoms with Crippen molar-refractivity contribution in [3.8, 4) is 0 Å². The number of esters is 1. The molecule has 2 aromatic heterocycles. The number of carbonyl (C=O) groups is 2. The van der Waals surface area contributed by atoms with E-state index in [0.29, 0.717) is 16.9 Å². The number of aromatic nitrogens is 1. The zero-order valence-corrected chi connectivity index (χ0v) is 14.4. The van der Waals surface area contributed by atoms with Gasteiger partial charge in [-0.2, -0.15) is 13.2 Å². The number of hydrogen-bond donors (Lipinski definition) is 1. The van der Waals surface area contributed by atoms with Crippen molar-refractivity contribution in [2.45, 2.75) is 19.6 Å². The van der Waals surface area contributed by atoms with Gasteiger partial charge in [-0.3, -0.25) is 4.79 Å². The molecular weight excluding hydrogens is 365 g/mol. The largest absolute Gasteiger partial charge is 0.464 e. The Balaban J connectivity index is 1.87. The number of hydrogen-bond acceptors (Lipinski definition) is 4. The number of ether oxygens (including phenoxy) is 1. The zero-order valence-electron chi connectivity index (χ0n) is 14.4. The van der Waals surface area contributed by atoms with E-state index >= 15 is 0 Å². The standard InChI is InChI=1S/C18H15F3N2O4/c1-10-6-13-15(27-10)8-14(17(25)26-2)23(13)9-16(24)22-12-5-3-4-11(7-12)18(19,20)21/h3-8H,9H2,1-2H3,(H,22,24). The van der Waals surface area contributed by atoms with E-state index in [-0.39, 0.29) is 17.9 Å². The molecule has 1 N–H and O–H groups in total. The van der Waals surface area contributed by atoms with Gasteiger partial charge in [-0.05, 0) is 25.1 Å². The number of halogens is 3. The number of rotatable bonds is 4. The van der Waals surface area contributed by atoms with Gasteiger partial charge in [-0.25, -0.2) is 4.79 Å². The van der Waals surface area contributed by atoms with Gasteiger partial charge in [-0.1, -0.05) is 6.07 Å². The predicted octanol–water partition coefficient (Wildman–Crippen LogP) is 3.99. The number of fused-ring (bicyclic) bond motifs is 1. The Kier molecular flexibility index (Phi) is 4.69. The van der Waals surface area contributed by atoms with Gasteiger partial charge in [0.25, 0.3) is 0 Å². The summed E-state index contributed by atoms with van der Waals surface area (Å²) in [6.45, 7) is 1.41. The molecule has 1 aromatic carbocycles. The molecule has 0 bridgehead atoms. The van der Waals surface area contributed by atoms with Crippen molar-refractivity contribution >= 4 is 28.7 Å². The van der Waals surface area contributed by atoms with Gasteiger partial charge in [0.1, 0.15) is 18.0 Å². The highest BCUT2D eigenvalue weighted by atomic mass is 19.4. The highest BCUT2D eigenvalue weighted by Gasteiger charge is 2.30. The summed E-state index contributed by atoms with van der Waals surface area (Å²) in [4.78, 5) is 24.3. The molecule has 0 aliphatic heterocycles. The summed E-state index contributed by atoms with van der Waals surface area (Å²) in [5, 5.41) is 2.41. The monoisotopic (exact) mass is 380 g/mol. The maximum absolute atomic E-state index is 12.8. The van der Waals surface area contributed by atoms with Crippen LogP contribution in [0.15, 0.2) is 40.8 Å². The molecule has 3 rings (SSSR count). The van der Waals surface area contributed by atoms with Crippen LogP contribution in [0, 0.1) is 6.92 Å². The lowest BCUT2D eigenvalue weighted by Gasteiger charge is -2.11. The van der Waals surface area contributed by atoms with Gasteiger partial charge in [0.15, 0.2) is 5.58 Å². The number of carbonyl (C=O) groups excluding carboxylic acids is 2. The summed E-state index contributed by atoms with van der Waals surface area (Å²) in [6.07, 6.45) is -4.51. The van der Waals surface area contributed by atoms with E-state index in [2.05, 4.69) is 5.32 Å². The Morgan fingerprint density at radius 3 is 2.63 bits per heavy atom. The van der Waals surface area contributed by atoms with Crippen LogP contribution < -0.4 is 5.32 Å². The van der Waals surface area contributed by atoms with Crippen molar-refractivity contribution in [1.82, 2.24) is 4.57 Å². The number of aryl methyl sites for hydroxylation is 1. The summed E-state index contributed by atoms with van der Waals surface area (Å²) in [5.74, 6) is -0.676. The maximum Gasteiger partial charge on any atom is 0.416 e. The van der Waals surface area contributed by atoms with Crippen molar-refractivity contribution in [3.63, 3.8) is 0 Å². The van der Waals surface area contributed by atoms with Gasteiger partial charge in [0, 0.05) is 17.8 Å². The van der Waals surface area contributed by atoms with Crippen LogP contribution in [-0.2, 0) is 22.3 Å². The normalized spacial score (nSPS) is 11.6. The van der Waals surface area contributed by atoms with E-state index in [0.717, 1.165) is 12.1 Å². The fourth-order valence-corrected chi connectivity index (χ4v) is 2.73. The molecular formula is C18H15F3N2O4. The van der Waals surface area contributed by atoms with Crippen LogP contribution >= 0.6 is 0 Å². The molecule has 3 aromatic rings. The first kappa shape index (κ1) is 18.6. The third kappa shape index (κ3) is 3.81. The molecule has 0 saturated carbocycles. The van der Waals surface area contributed by atoms with Crippen LogP contribution in [0.3, 0.4) is 0 Å². The maximum atomic E-state index is 12.8. The van der Waals surface area contributed by atoms with Gasteiger partial charge < -0.3 is 19.0 Å². The molecule has 2 heterocycles. The van der Waals surface area contributed by atoms with E-state index in [1.807, 2.05) is 0 Å². The molecule has 27 heavy (non-hydrogen) atoms. The van der Waals surface area contributed by atoms with Gasteiger partial charge in [0.05, 0.1) is 18.2 Å². The summed E-state index contributed by atoms with van der Waals surface area (Å²) in [7, 11) is 1.20. The second kappa shape index (κ2) is 6.82. The minimum Gasteiger partial charge on any atom is -0.464 e. The van der Waals surface area contributed by atoms with Crippen molar-refractivity contribution < 1.29 is 31.9 Å². The minimum atomic E-state index is -4.51. The second-order valence-corrected chi connectivity index (χ2v) is 5.84. The Hall–Kier alpha value is -3.23. The zero-order chi connectivity index (χ0) is 19.8. The van der Waals surface area contributed by atoms with Crippen LogP contribution in [0.5, 0.6) is 0 Å². The second-order valence-electron chi connectivity index (χ2n) is 5.84. The number of nitrogens with one attached hydrogen (secondary N) is 1. The molecule has 0 saturated heterocycles. The fourth-order valence-electron chi connectivity index (χ4n) is 2.73. The lowest BCUT2D eigenvalue weighted by molar-refractivity contribution is -0.137. The van der Waals surface area contributed by atoms with E-state index in [9.17, 15) is 22.8 Å². The molecule has 0 aliphatic carbocycles. The number of anilines is 1. The third-order valence-electron chi connectivity index (χ3n) is 3.88. The Labute approximate surface area is 151 Å². The molecule has 9 heteroatoms. The van der Waals surface area contributed by atoms with E-state index in [1.165, 1.54) is 29.9 Å². The van der Waals surface area contributed by atoms with E-state index in [4.69, 9.17) is 9.15 Å². The third-order valence-corrected chi connectivity index (χ3v) is 3.88. The van der Waals surface area contributed by atoms with Crippen molar-refractivity contribution in [2.24, 2.45) is 0 Å². The molecule has 0 spiro atoms. The Morgan fingerprint density at radius 1 is 1.22 bits per heavy atom. The van der Waals surface area contributed by atoms with Crippen molar-refractivity contribution in [2.75, 3.05) is 12.4 Å². The van der Waals surface area contributed by atoms with E-state index < -0.39 is 23.6 Å².